The molecule has 0 bridgehead atoms. The first-order valence-corrected chi connectivity index (χ1v) is 7.72. The normalized spacial score (nSPS) is 11.4. The number of rotatable bonds is 5. The van der Waals surface area contributed by atoms with Gasteiger partial charge in [-0.1, -0.05) is 36.4 Å². The first-order chi connectivity index (χ1) is 12.4. The third-order valence-electron chi connectivity index (χ3n) is 3.49. The molecule has 0 aliphatic heterocycles. The molecule has 0 amide bonds. The number of aromatic nitrogens is 3. The molecule has 3 aromatic rings. The Balaban J connectivity index is 1.90. The minimum Gasteiger partial charge on any atom is -0.268 e. The van der Waals surface area contributed by atoms with E-state index in [4.69, 9.17) is 4.84 Å². The van der Waals surface area contributed by atoms with Crippen LogP contribution in [0.1, 0.15) is 11.3 Å². The minimum absolute atomic E-state index is 0.0103. The van der Waals surface area contributed by atoms with E-state index in [2.05, 4.69) is 15.0 Å². The lowest BCUT2D eigenvalue weighted by Crippen LogP contribution is -2.21. The van der Waals surface area contributed by atoms with E-state index in [0.717, 1.165) is 11.6 Å². The third-order valence-corrected chi connectivity index (χ3v) is 3.49. The summed E-state index contributed by atoms with van der Waals surface area (Å²) in [4.78, 5) is 17.3. The monoisotopic (exact) mass is 360 g/mol. The van der Waals surface area contributed by atoms with Crippen LogP contribution in [0.4, 0.5) is 19.0 Å². The Morgan fingerprint density at radius 3 is 2.38 bits per heavy atom. The summed E-state index contributed by atoms with van der Waals surface area (Å²) in [6.45, 7) is 0.196. The van der Waals surface area contributed by atoms with E-state index < -0.39 is 11.9 Å². The maximum atomic E-state index is 13.2. The Kier molecular flexibility index (Phi) is 5.13. The molecule has 5 nitrogen and oxygen atoms in total. The van der Waals surface area contributed by atoms with Gasteiger partial charge in [0.25, 0.3) is 0 Å². The molecule has 0 N–H and O–H groups in total. The predicted molar refractivity (Wildman–Crippen MR) is 89.9 cm³/mol. The van der Waals surface area contributed by atoms with Gasteiger partial charge in [-0.15, -0.1) is 0 Å². The van der Waals surface area contributed by atoms with Gasteiger partial charge in [-0.05, 0) is 17.7 Å². The number of hydrogen-bond donors (Lipinski definition) is 0. The smallest absolute Gasteiger partial charge is 0.268 e. The molecule has 134 valence electrons. The SMILES string of the molecule is CN(OCc1ccccc1)c1cc(C(F)(F)F)nc(-c2ccccn2)n1. The lowest BCUT2D eigenvalue weighted by Gasteiger charge is -2.19. The molecule has 0 radical (unpaired) electrons. The number of anilines is 1. The quantitative estimate of drug-likeness (QED) is 0.641. The molecule has 26 heavy (non-hydrogen) atoms. The molecule has 0 aliphatic carbocycles. The molecule has 0 unspecified atom stereocenters. The molecule has 2 aromatic heterocycles. The maximum Gasteiger partial charge on any atom is 0.433 e. The fourth-order valence-electron chi connectivity index (χ4n) is 2.16. The van der Waals surface area contributed by atoms with Crippen molar-refractivity contribution in [3.63, 3.8) is 0 Å². The molecule has 0 saturated heterocycles. The van der Waals surface area contributed by atoms with Crippen molar-refractivity contribution in [1.29, 1.82) is 0 Å². The molecule has 0 aliphatic rings. The fourth-order valence-corrected chi connectivity index (χ4v) is 2.16. The van der Waals surface area contributed by atoms with Gasteiger partial charge in [-0.25, -0.2) is 15.0 Å². The largest absolute Gasteiger partial charge is 0.433 e. The number of benzene rings is 1. The lowest BCUT2D eigenvalue weighted by molar-refractivity contribution is -0.141. The van der Waals surface area contributed by atoms with Crippen LogP contribution in [0, 0.1) is 0 Å². The van der Waals surface area contributed by atoms with Crippen molar-refractivity contribution >= 4 is 5.82 Å². The van der Waals surface area contributed by atoms with Crippen molar-refractivity contribution in [3.05, 3.63) is 72.1 Å². The first-order valence-electron chi connectivity index (χ1n) is 7.72. The highest BCUT2D eigenvalue weighted by atomic mass is 19.4. The second-order valence-corrected chi connectivity index (χ2v) is 5.40. The highest BCUT2D eigenvalue weighted by molar-refractivity contribution is 5.53. The molecule has 0 fully saturated rings. The summed E-state index contributed by atoms with van der Waals surface area (Å²) in [6.07, 6.45) is -3.14. The first kappa shape index (κ1) is 17.8. The van der Waals surface area contributed by atoms with Crippen LogP contribution in [0.5, 0.6) is 0 Å². The minimum atomic E-state index is -4.61. The van der Waals surface area contributed by atoms with E-state index >= 15 is 0 Å². The van der Waals surface area contributed by atoms with Crippen LogP contribution in [-0.4, -0.2) is 22.0 Å². The maximum absolute atomic E-state index is 13.2. The van der Waals surface area contributed by atoms with Gasteiger partial charge in [0.15, 0.2) is 17.3 Å². The van der Waals surface area contributed by atoms with Crippen LogP contribution in [-0.2, 0) is 17.6 Å². The Morgan fingerprint density at radius 1 is 1.00 bits per heavy atom. The van der Waals surface area contributed by atoms with E-state index in [0.29, 0.717) is 0 Å². The molecular formula is C18H15F3N4O. The summed E-state index contributed by atoms with van der Waals surface area (Å²) < 4.78 is 39.6. The number of hydrogen-bond acceptors (Lipinski definition) is 5. The van der Waals surface area contributed by atoms with Crippen LogP contribution in [0.3, 0.4) is 0 Å². The summed E-state index contributed by atoms with van der Waals surface area (Å²) in [5.41, 5.74) is 0.0732. The second-order valence-electron chi connectivity index (χ2n) is 5.40. The van der Waals surface area contributed by atoms with Gasteiger partial charge in [0.2, 0.25) is 0 Å². The Bertz CT molecular complexity index is 857. The van der Waals surface area contributed by atoms with Gasteiger partial charge in [0.1, 0.15) is 5.69 Å². The van der Waals surface area contributed by atoms with E-state index in [1.165, 1.54) is 18.3 Å². The summed E-state index contributed by atoms with van der Waals surface area (Å²) in [5, 5.41) is 1.19. The second kappa shape index (κ2) is 7.49. The van der Waals surface area contributed by atoms with Crippen molar-refractivity contribution < 1.29 is 18.0 Å². The predicted octanol–water partition coefficient (Wildman–Crippen LogP) is 4.13. The van der Waals surface area contributed by atoms with E-state index in [9.17, 15) is 13.2 Å². The lowest BCUT2D eigenvalue weighted by atomic mass is 10.2. The number of nitrogens with zero attached hydrogens (tertiary/aromatic N) is 4. The van der Waals surface area contributed by atoms with Gasteiger partial charge in [-0.2, -0.15) is 13.2 Å². The van der Waals surface area contributed by atoms with Gasteiger partial charge in [-0.3, -0.25) is 9.82 Å². The fraction of sp³-hybridized carbons (Fsp3) is 0.167. The molecular weight excluding hydrogens is 345 g/mol. The van der Waals surface area contributed by atoms with Crippen molar-refractivity contribution in [3.8, 4) is 11.5 Å². The Morgan fingerprint density at radius 2 is 1.73 bits per heavy atom. The third kappa shape index (κ3) is 4.34. The zero-order valence-corrected chi connectivity index (χ0v) is 13.8. The molecule has 0 spiro atoms. The molecule has 3 rings (SSSR count). The number of pyridine rings is 1. The molecule has 0 atom stereocenters. The van der Waals surface area contributed by atoms with Crippen LogP contribution in [0.25, 0.3) is 11.5 Å². The average Bonchev–Trinajstić information content (AvgIpc) is 2.66. The molecule has 0 saturated carbocycles. The van der Waals surface area contributed by atoms with Gasteiger partial charge in [0.05, 0.1) is 6.61 Å². The summed E-state index contributed by atoms with van der Waals surface area (Å²) in [5.74, 6) is -0.130. The van der Waals surface area contributed by atoms with Gasteiger partial charge in [0, 0.05) is 19.3 Å². The molecule has 2 heterocycles. The van der Waals surface area contributed by atoms with Crippen molar-refractivity contribution in [2.45, 2.75) is 12.8 Å². The van der Waals surface area contributed by atoms with E-state index in [1.54, 1.807) is 18.2 Å². The van der Waals surface area contributed by atoms with E-state index in [1.807, 2.05) is 30.3 Å². The van der Waals surface area contributed by atoms with Crippen LogP contribution < -0.4 is 5.06 Å². The standard InChI is InChI=1S/C18H15F3N4O/c1-25(26-12-13-7-3-2-4-8-13)16-11-15(18(19,20)21)23-17(24-16)14-9-5-6-10-22-14/h2-11H,12H2,1H3. The average molecular weight is 360 g/mol. The van der Waals surface area contributed by atoms with Gasteiger partial charge >= 0.3 is 6.18 Å². The van der Waals surface area contributed by atoms with Crippen molar-refractivity contribution in [2.24, 2.45) is 0 Å². The van der Waals surface area contributed by atoms with Crippen molar-refractivity contribution in [2.75, 3.05) is 12.1 Å². The summed E-state index contributed by atoms with van der Waals surface area (Å²) in [6, 6.07) is 15.0. The van der Waals surface area contributed by atoms with Crippen LogP contribution in [0.2, 0.25) is 0 Å². The number of alkyl halides is 3. The van der Waals surface area contributed by atoms with E-state index in [-0.39, 0.29) is 23.9 Å². The Hall–Kier alpha value is -3.00. The summed E-state index contributed by atoms with van der Waals surface area (Å²) >= 11 is 0. The van der Waals surface area contributed by atoms with Crippen LogP contribution >= 0.6 is 0 Å². The number of hydroxylamine groups is 1. The van der Waals surface area contributed by atoms with Crippen molar-refractivity contribution in [1.82, 2.24) is 15.0 Å². The highest BCUT2D eigenvalue weighted by Gasteiger charge is 2.34. The Labute approximate surface area is 148 Å². The number of halogens is 3. The topological polar surface area (TPSA) is 51.1 Å². The highest BCUT2D eigenvalue weighted by Crippen LogP contribution is 2.31. The zero-order chi connectivity index (χ0) is 18.6. The van der Waals surface area contributed by atoms with Crippen LogP contribution in [0.15, 0.2) is 60.8 Å². The molecule has 1 aromatic carbocycles. The zero-order valence-electron chi connectivity index (χ0n) is 13.8. The molecule has 8 heteroatoms. The summed E-state index contributed by atoms with van der Waals surface area (Å²) in [7, 11) is 1.49. The van der Waals surface area contributed by atoms with Gasteiger partial charge < -0.3 is 0 Å².